The van der Waals surface area contributed by atoms with Gasteiger partial charge in [-0.15, -0.1) is 0 Å². The van der Waals surface area contributed by atoms with Crippen molar-refractivity contribution in [2.24, 2.45) is 0 Å². The summed E-state index contributed by atoms with van der Waals surface area (Å²) in [4.78, 5) is 13.9. The number of nitrogens with zero attached hydrogens (tertiary/aromatic N) is 4. The molecule has 0 bridgehead atoms. The lowest BCUT2D eigenvalue weighted by Crippen LogP contribution is -2.20. The van der Waals surface area contributed by atoms with Crippen LogP contribution in [0.15, 0.2) is 12.4 Å². The maximum Gasteiger partial charge on any atom is 0.146 e. The molecule has 0 aliphatic heterocycles. The first kappa shape index (κ1) is 15.5. The number of hydrogen-bond acceptors (Lipinski definition) is 4. The summed E-state index contributed by atoms with van der Waals surface area (Å²) in [5, 5.41) is 3.18. The number of aromatic nitrogens is 4. The number of aryl methyl sites for hydroxylation is 1. The third-order valence-electron chi connectivity index (χ3n) is 3.45. The molecule has 2 aromatic rings. The van der Waals surface area contributed by atoms with E-state index in [0.717, 1.165) is 41.7 Å². The molecule has 2 rings (SSSR count). The van der Waals surface area contributed by atoms with E-state index < -0.39 is 0 Å². The number of anilines is 1. The van der Waals surface area contributed by atoms with Crippen LogP contribution >= 0.6 is 0 Å². The Morgan fingerprint density at radius 1 is 1.24 bits per heavy atom. The lowest BCUT2D eigenvalue weighted by Gasteiger charge is -2.21. The SMILES string of the molecule is CCCc1nccn1-c1nc(C(C)(C)C)nc(NC)c1C. The van der Waals surface area contributed by atoms with Crippen LogP contribution in [0.4, 0.5) is 5.82 Å². The number of imidazole rings is 1. The van der Waals surface area contributed by atoms with Gasteiger partial charge in [-0.1, -0.05) is 27.7 Å². The topological polar surface area (TPSA) is 55.6 Å². The largest absolute Gasteiger partial charge is 0.373 e. The minimum absolute atomic E-state index is 0.0977. The van der Waals surface area contributed by atoms with E-state index in [-0.39, 0.29) is 5.41 Å². The van der Waals surface area contributed by atoms with Crippen LogP contribution in [0.5, 0.6) is 0 Å². The summed E-state index contributed by atoms with van der Waals surface area (Å²) < 4.78 is 2.08. The van der Waals surface area contributed by atoms with E-state index in [1.54, 1.807) is 0 Å². The molecular weight excluding hydrogens is 262 g/mol. The molecule has 0 unspecified atom stereocenters. The molecule has 5 nitrogen and oxygen atoms in total. The van der Waals surface area contributed by atoms with Crippen molar-refractivity contribution >= 4 is 5.82 Å². The van der Waals surface area contributed by atoms with Crippen LogP contribution < -0.4 is 5.32 Å². The number of nitrogens with one attached hydrogen (secondary N) is 1. The Morgan fingerprint density at radius 3 is 2.52 bits per heavy atom. The summed E-state index contributed by atoms with van der Waals surface area (Å²) >= 11 is 0. The molecule has 0 fully saturated rings. The summed E-state index contributed by atoms with van der Waals surface area (Å²) in [7, 11) is 1.90. The maximum absolute atomic E-state index is 4.81. The van der Waals surface area contributed by atoms with Crippen molar-refractivity contribution in [2.75, 3.05) is 12.4 Å². The van der Waals surface area contributed by atoms with E-state index in [9.17, 15) is 0 Å². The second-order valence-corrected chi connectivity index (χ2v) is 6.31. The fraction of sp³-hybridized carbons (Fsp3) is 0.562. The minimum atomic E-state index is -0.0977. The van der Waals surface area contributed by atoms with Crippen LogP contribution in [0.25, 0.3) is 5.82 Å². The average Bonchev–Trinajstić information content (AvgIpc) is 2.86. The molecule has 0 aliphatic rings. The average molecular weight is 287 g/mol. The maximum atomic E-state index is 4.81. The molecule has 2 aromatic heterocycles. The smallest absolute Gasteiger partial charge is 0.146 e. The van der Waals surface area contributed by atoms with E-state index in [0.29, 0.717) is 0 Å². The van der Waals surface area contributed by atoms with Gasteiger partial charge < -0.3 is 5.32 Å². The van der Waals surface area contributed by atoms with Crippen LogP contribution in [0.3, 0.4) is 0 Å². The van der Waals surface area contributed by atoms with Crippen LogP contribution in [0, 0.1) is 6.92 Å². The van der Waals surface area contributed by atoms with Gasteiger partial charge in [0.15, 0.2) is 0 Å². The highest BCUT2D eigenvalue weighted by molar-refractivity contribution is 5.52. The van der Waals surface area contributed by atoms with Gasteiger partial charge in [-0.25, -0.2) is 15.0 Å². The Bertz CT molecular complexity index is 622. The molecule has 21 heavy (non-hydrogen) atoms. The zero-order chi connectivity index (χ0) is 15.6. The van der Waals surface area contributed by atoms with Gasteiger partial charge in [-0.2, -0.15) is 0 Å². The first-order valence-corrected chi connectivity index (χ1v) is 7.48. The molecule has 0 saturated heterocycles. The highest BCUT2D eigenvalue weighted by atomic mass is 15.2. The summed E-state index contributed by atoms with van der Waals surface area (Å²) in [6, 6.07) is 0. The van der Waals surface area contributed by atoms with Gasteiger partial charge in [0.05, 0.1) is 0 Å². The summed E-state index contributed by atoms with van der Waals surface area (Å²) in [5.74, 6) is 3.67. The van der Waals surface area contributed by atoms with Gasteiger partial charge >= 0.3 is 0 Å². The van der Waals surface area contributed by atoms with Crippen molar-refractivity contribution in [3.63, 3.8) is 0 Å². The van der Waals surface area contributed by atoms with E-state index in [2.05, 4.69) is 47.5 Å². The third kappa shape index (κ3) is 3.06. The molecule has 0 atom stereocenters. The quantitative estimate of drug-likeness (QED) is 0.937. The molecule has 1 N–H and O–H groups in total. The zero-order valence-electron chi connectivity index (χ0n) is 13.9. The van der Waals surface area contributed by atoms with Crippen LogP contribution in [0.2, 0.25) is 0 Å². The Labute approximate surface area is 126 Å². The van der Waals surface area contributed by atoms with Crippen LogP contribution in [-0.2, 0) is 11.8 Å². The van der Waals surface area contributed by atoms with Gasteiger partial charge in [0, 0.05) is 36.8 Å². The van der Waals surface area contributed by atoms with Gasteiger partial charge in [0.2, 0.25) is 0 Å². The Kier molecular flexibility index (Phi) is 4.30. The molecule has 0 aromatic carbocycles. The molecule has 5 heteroatoms. The minimum Gasteiger partial charge on any atom is -0.373 e. The summed E-state index contributed by atoms with van der Waals surface area (Å²) in [6.45, 7) is 10.6. The van der Waals surface area contributed by atoms with Crippen molar-refractivity contribution in [3.05, 3.63) is 29.6 Å². The molecule has 0 radical (unpaired) electrons. The predicted molar refractivity (Wildman–Crippen MR) is 86.1 cm³/mol. The molecule has 2 heterocycles. The van der Waals surface area contributed by atoms with Crippen molar-refractivity contribution in [1.29, 1.82) is 0 Å². The highest BCUT2D eigenvalue weighted by Crippen LogP contribution is 2.26. The lowest BCUT2D eigenvalue weighted by atomic mass is 9.95. The van der Waals surface area contributed by atoms with Crippen molar-refractivity contribution in [2.45, 2.75) is 52.9 Å². The molecule has 0 spiro atoms. The van der Waals surface area contributed by atoms with Gasteiger partial charge in [0.1, 0.15) is 23.3 Å². The van der Waals surface area contributed by atoms with Crippen LogP contribution in [-0.4, -0.2) is 26.6 Å². The molecule has 114 valence electrons. The van der Waals surface area contributed by atoms with Gasteiger partial charge in [-0.3, -0.25) is 4.57 Å². The Hall–Kier alpha value is -1.91. The van der Waals surface area contributed by atoms with Crippen molar-refractivity contribution in [1.82, 2.24) is 19.5 Å². The monoisotopic (exact) mass is 287 g/mol. The summed E-state index contributed by atoms with van der Waals surface area (Å²) in [6.07, 6.45) is 5.82. The second-order valence-electron chi connectivity index (χ2n) is 6.31. The van der Waals surface area contributed by atoms with E-state index >= 15 is 0 Å². The first-order valence-electron chi connectivity index (χ1n) is 7.48. The molecule has 0 aliphatic carbocycles. The van der Waals surface area contributed by atoms with E-state index in [1.165, 1.54) is 0 Å². The second kappa shape index (κ2) is 5.84. The van der Waals surface area contributed by atoms with Crippen molar-refractivity contribution in [3.8, 4) is 5.82 Å². The standard InChI is InChI=1S/C16H25N5/c1-7-8-12-18-9-10-21(12)14-11(2)13(17-6)19-15(20-14)16(3,4)5/h9-10H,7-8H2,1-6H3,(H,17,19,20). The highest BCUT2D eigenvalue weighted by Gasteiger charge is 2.22. The summed E-state index contributed by atoms with van der Waals surface area (Å²) in [5.41, 5.74) is 0.945. The Balaban J connectivity index is 2.64. The van der Waals surface area contributed by atoms with Gasteiger partial charge in [-0.05, 0) is 13.3 Å². The van der Waals surface area contributed by atoms with Gasteiger partial charge in [0.25, 0.3) is 0 Å². The number of hydrogen-bond donors (Lipinski definition) is 1. The molecule has 0 amide bonds. The van der Waals surface area contributed by atoms with E-state index in [1.807, 2.05) is 26.4 Å². The molecule has 0 saturated carbocycles. The predicted octanol–water partition coefficient (Wildman–Crippen LogP) is 3.26. The fourth-order valence-corrected chi connectivity index (χ4v) is 2.25. The fourth-order valence-electron chi connectivity index (χ4n) is 2.25. The number of rotatable bonds is 4. The van der Waals surface area contributed by atoms with Crippen LogP contribution in [0.1, 0.15) is 51.3 Å². The van der Waals surface area contributed by atoms with E-state index in [4.69, 9.17) is 4.98 Å². The van der Waals surface area contributed by atoms with Crippen molar-refractivity contribution < 1.29 is 0 Å². The zero-order valence-corrected chi connectivity index (χ0v) is 13.9. The lowest BCUT2D eigenvalue weighted by molar-refractivity contribution is 0.543. The molecular formula is C16H25N5. The normalized spacial score (nSPS) is 11.7. The first-order chi connectivity index (χ1) is 9.88. The Morgan fingerprint density at radius 2 is 1.95 bits per heavy atom. The third-order valence-corrected chi connectivity index (χ3v) is 3.45.